The lowest BCUT2D eigenvalue weighted by Crippen LogP contribution is -2.70. The summed E-state index contributed by atoms with van der Waals surface area (Å²) in [6, 6.07) is 0. The van der Waals surface area contributed by atoms with Gasteiger partial charge in [0.1, 0.15) is 11.7 Å². The molecule has 11 aliphatic heterocycles. The van der Waals surface area contributed by atoms with Crippen molar-refractivity contribution in [3.05, 3.63) is 12.2 Å². The van der Waals surface area contributed by atoms with Crippen molar-refractivity contribution in [2.24, 2.45) is 17.3 Å². The zero-order valence-electron chi connectivity index (χ0n) is 40.7. The smallest absolute Gasteiger partial charge is 0.118 e. The van der Waals surface area contributed by atoms with Crippen molar-refractivity contribution in [3.8, 4) is 0 Å². The Kier molecular flexibility index (Phi) is 11.5. The number of hydrogen-bond donors (Lipinski definition) is 1. The van der Waals surface area contributed by atoms with Gasteiger partial charge in [-0.15, -0.1) is 0 Å². The lowest BCUT2D eigenvalue weighted by molar-refractivity contribution is -0.357. The molecule has 0 saturated carbocycles. The number of fused-ring (bicyclic) bond motifs is 10. The summed E-state index contributed by atoms with van der Waals surface area (Å²) in [4.78, 5) is 0. The van der Waals surface area contributed by atoms with E-state index in [9.17, 15) is 5.11 Å². The minimum Gasteiger partial charge on any atom is -0.390 e. The minimum atomic E-state index is -0.794. The van der Waals surface area contributed by atoms with Crippen LogP contribution in [0.25, 0.3) is 0 Å². The van der Waals surface area contributed by atoms with Crippen LogP contribution in [0.5, 0.6) is 0 Å². The summed E-state index contributed by atoms with van der Waals surface area (Å²) in [6.45, 7) is 23.2. The molecule has 11 heterocycles. The molecule has 0 bridgehead atoms. The largest absolute Gasteiger partial charge is 0.390 e. The average molecular weight is 899 g/mol. The predicted molar refractivity (Wildman–Crippen MR) is 237 cm³/mol. The molecule has 12 nitrogen and oxygen atoms in total. The number of aliphatic hydroxyl groups excluding tert-OH is 1. The molecule has 64 heavy (non-hydrogen) atoms. The van der Waals surface area contributed by atoms with E-state index in [4.69, 9.17) is 52.1 Å². The van der Waals surface area contributed by atoms with E-state index in [0.29, 0.717) is 38.0 Å². The first-order valence-corrected chi connectivity index (χ1v) is 25.9. The third-order valence-corrected chi connectivity index (χ3v) is 19.3. The maximum Gasteiger partial charge on any atom is 0.118 e. The highest BCUT2D eigenvalue weighted by atomic mass is 16.6. The molecule has 11 aliphatic rings. The molecule has 0 aromatic carbocycles. The van der Waals surface area contributed by atoms with Gasteiger partial charge in [0.2, 0.25) is 0 Å². The Morgan fingerprint density at radius 3 is 2.17 bits per heavy atom. The van der Waals surface area contributed by atoms with Crippen LogP contribution in [0.4, 0.5) is 0 Å². The van der Waals surface area contributed by atoms with Crippen LogP contribution in [-0.2, 0) is 52.1 Å². The van der Waals surface area contributed by atoms with Crippen LogP contribution in [-0.4, -0.2) is 143 Å². The second-order valence-corrected chi connectivity index (χ2v) is 24.8. The summed E-state index contributed by atoms with van der Waals surface area (Å²) >= 11 is 0. The van der Waals surface area contributed by atoms with Crippen molar-refractivity contribution in [2.45, 2.75) is 291 Å². The Morgan fingerprint density at radius 2 is 1.36 bits per heavy atom. The molecular weight excluding hydrogens is 817 g/mol. The van der Waals surface area contributed by atoms with E-state index in [-0.39, 0.29) is 109 Å². The summed E-state index contributed by atoms with van der Waals surface area (Å²) < 4.78 is 77.2. The molecule has 0 radical (unpaired) electrons. The monoisotopic (exact) mass is 899 g/mol. The van der Waals surface area contributed by atoms with E-state index in [0.717, 1.165) is 64.4 Å². The van der Waals surface area contributed by atoms with Crippen LogP contribution in [0.1, 0.15) is 159 Å². The second-order valence-electron chi connectivity index (χ2n) is 24.8. The molecule has 0 aliphatic carbocycles. The lowest BCUT2D eigenvalue weighted by atomic mass is 9.72. The Labute approximate surface area is 383 Å². The number of ether oxygens (including phenoxy) is 11. The molecule has 0 aromatic rings. The minimum absolute atomic E-state index is 0.00117. The molecule has 10 saturated heterocycles. The summed E-state index contributed by atoms with van der Waals surface area (Å²) in [5.74, 6) is 0.720. The Hall–Kier alpha value is -0.740. The van der Waals surface area contributed by atoms with Crippen LogP contribution >= 0.6 is 0 Å². The first-order chi connectivity index (χ1) is 30.3. The van der Waals surface area contributed by atoms with E-state index in [1.807, 2.05) is 6.92 Å². The molecule has 7 unspecified atom stereocenters. The van der Waals surface area contributed by atoms with Crippen molar-refractivity contribution in [2.75, 3.05) is 6.61 Å². The van der Waals surface area contributed by atoms with Gasteiger partial charge in [0.05, 0.1) is 120 Å². The van der Waals surface area contributed by atoms with Gasteiger partial charge in [-0.3, -0.25) is 0 Å². The third-order valence-electron chi connectivity index (χ3n) is 19.3. The highest BCUT2D eigenvalue weighted by Gasteiger charge is 2.64. The Balaban J connectivity index is 0.772. The molecule has 362 valence electrons. The van der Waals surface area contributed by atoms with Gasteiger partial charge in [0.15, 0.2) is 0 Å². The molecule has 0 aromatic heterocycles. The highest BCUT2D eigenvalue weighted by Crippen LogP contribution is 2.55. The van der Waals surface area contributed by atoms with Crippen LogP contribution in [0.3, 0.4) is 0 Å². The second kappa shape index (κ2) is 16.2. The van der Waals surface area contributed by atoms with Crippen molar-refractivity contribution in [1.82, 2.24) is 0 Å². The van der Waals surface area contributed by atoms with E-state index < -0.39 is 34.1 Å². The van der Waals surface area contributed by atoms with Gasteiger partial charge in [-0.1, -0.05) is 53.2 Å². The summed E-state index contributed by atoms with van der Waals surface area (Å²) in [6.07, 6.45) is 13.7. The Bertz CT molecular complexity index is 1760. The number of hydrogen-bond acceptors (Lipinski definition) is 12. The number of rotatable bonds is 3. The molecule has 11 rings (SSSR count). The molecule has 0 spiro atoms. The van der Waals surface area contributed by atoms with E-state index in [1.165, 1.54) is 0 Å². The summed E-state index contributed by atoms with van der Waals surface area (Å²) in [5, 5.41) is 11.6. The lowest BCUT2D eigenvalue weighted by Gasteiger charge is -2.61. The fourth-order valence-corrected chi connectivity index (χ4v) is 14.7. The zero-order chi connectivity index (χ0) is 44.8. The number of aliphatic hydroxyl groups is 1. The quantitative estimate of drug-likeness (QED) is 0.280. The SMILES string of the molecule is CCC(C)(C)C[C@@H]1C[C@H](O)[C@]2(C)OC3CC4OC5C[C@]6(C)O[C@]7(C)CCC8OC9C[C@]%10(C)OC%11C(C)CCO[C@H]%11C[C@H]%10O[C@H]9C[C@@H](C)[C@H]8O[C@H]7C[C@H]6O[C@@]5(C)C/C=C\[C@H]4O[C@H]3C[C@H]2O1. The first-order valence-electron chi connectivity index (χ1n) is 25.9. The topological polar surface area (TPSA) is 122 Å². The van der Waals surface area contributed by atoms with Gasteiger partial charge in [0, 0.05) is 51.6 Å². The maximum atomic E-state index is 11.6. The van der Waals surface area contributed by atoms with Gasteiger partial charge in [-0.25, -0.2) is 0 Å². The van der Waals surface area contributed by atoms with Gasteiger partial charge in [-0.05, 0) is 90.4 Å². The van der Waals surface area contributed by atoms with E-state index in [2.05, 4.69) is 74.5 Å². The standard InChI is InChI=1S/C52H82O12/c1-11-47(4,5)25-30-20-39(53)52(10)43(55-30)22-35-36(61-52)21-34-31(56-35)13-12-16-48(6)44(59-34)27-51(9)42(62-48)24-41-49(7,64-51)17-14-32-45(60-41)29(3)19-33-38(57-32)26-50(8)40(58-33)23-37-46(63-50)28(2)15-18-54-37/h12-13,28-46,53H,11,14-27H2,1-10H3/b13-12-/t28?,29-,30+,31-,32?,33+,34?,35+,36?,37+,38?,39+,40-,41+,42-,43-,44?,45-,46?,48+,49-,50+,51+,52+/m1/s1. The predicted octanol–water partition coefficient (Wildman–Crippen LogP) is 7.71. The molecule has 0 amide bonds. The van der Waals surface area contributed by atoms with Gasteiger partial charge in [-0.2, -0.15) is 0 Å². The fourth-order valence-electron chi connectivity index (χ4n) is 14.7. The first kappa shape index (κ1) is 45.7. The van der Waals surface area contributed by atoms with Crippen LogP contribution in [0, 0.1) is 17.3 Å². The van der Waals surface area contributed by atoms with Crippen molar-refractivity contribution < 1.29 is 57.2 Å². The fraction of sp³-hybridized carbons (Fsp3) is 0.962. The van der Waals surface area contributed by atoms with Crippen LogP contribution in [0.2, 0.25) is 0 Å². The van der Waals surface area contributed by atoms with E-state index >= 15 is 0 Å². The summed E-state index contributed by atoms with van der Waals surface area (Å²) in [7, 11) is 0. The van der Waals surface area contributed by atoms with Gasteiger partial charge >= 0.3 is 0 Å². The normalized spacial score (nSPS) is 58.7. The van der Waals surface area contributed by atoms with Gasteiger partial charge < -0.3 is 57.2 Å². The zero-order valence-corrected chi connectivity index (χ0v) is 40.7. The van der Waals surface area contributed by atoms with E-state index in [1.54, 1.807) is 0 Å². The molecule has 12 heteroatoms. The van der Waals surface area contributed by atoms with Crippen LogP contribution < -0.4 is 0 Å². The molecular formula is C52H82O12. The average Bonchev–Trinajstić information content (AvgIpc) is 3.43. The van der Waals surface area contributed by atoms with Crippen molar-refractivity contribution in [3.63, 3.8) is 0 Å². The van der Waals surface area contributed by atoms with Crippen LogP contribution in [0.15, 0.2) is 12.2 Å². The Morgan fingerprint density at radius 1 is 0.594 bits per heavy atom. The van der Waals surface area contributed by atoms with Gasteiger partial charge in [0.25, 0.3) is 0 Å². The highest BCUT2D eigenvalue weighted by molar-refractivity contribution is 5.15. The molecule has 10 fully saturated rings. The molecule has 1 N–H and O–H groups in total. The third kappa shape index (κ3) is 7.76. The summed E-state index contributed by atoms with van der Waals surface area (Å²) in [5.41, 5.74) is -2.71. The molecule has 24 atom stereocenters. The van der Waals surface area contributed by atoms with Crippen molar-refractivity contribution in [1.29, 1.82) is 0 Å². The van der Waals surface area contributed by atoms with Crippen molar-refractivity contribution >= 4 is 0 Å². The maximum absolute atomic E-state index is 11.6.